The Morgan fingerprint density at radius 3 is 2.55 bits per heavy atom. The summed E-state index contributed by atoms with van der Waals surface area (Å²) in [6, 6.07) is 5.42. The van der Waals surface area contributed by atoms with Crippen molar-refractivity contribution in [2.75, 3.05) is 0 Å². The van der Waals surface area contributed by atoms with Crippen LogP contribution in [0, 0.1) is 0 Å². The molecule has 2 aromatic rings. The molecule has 0 fully saturated rings. The lowest BCUT2D eigenvalue weighted by molar-refractivity contribution is 0.279. The van der Waals surface area contributed by atoms with Crippen LogP contribution in [0.1, 0.15) is 36.4 Å². The number of hydrogen-bond donors (Lipinski definition) is 1. The minimum absolute atomic E-state index is 0.0234. The van der Waals surface area contributed by atoms with Gasteiger partial charge in [-0.25, -0.2) is 0 Å². The number of aliphatic hydroxyl groups is 1. The van der Waals surface area contributed by atoms with Gasteiger partial charge in [0.15, 0.2) is 0 Å². The van der Waals surface area contributed by atoms with Crippen LogP contribution < -0.4 is 0 Å². The van der Waals surface area contributed by atoms with Crippen LogP contribution in [0.2, 0.25) is 10.0 Å². The molecule has 0 saturated heterocycles. The van der Waals surface area contributed by atoms with Gasteiger partial charge in [0, 0.05) is 21.3 Å². The standard InChI is InChI=1S/C15H18Cl2N2O/c1-3-14-12(9-20)15(4-2)19(18-14)8-10-7-11(16)5-6-13(10)17/h5-7,20H,3-4,8-9H2,1-2H3. The van der Waals surface area contributed by atoms with E-state index in [2.05, 4.69) is 12.0 Å². The Balaban J connectivity index is 2.42. The van der Waals surface area contributed by atoms with Crippen LogP contribution in [-0.2, 0) is 26.0 Å². The van der Waals surface area contributed by atoms with Gasteiger partial charge in [0.2, 0.25) is 0 Å². The van der Waals surface area contributed by atoms with Crippen molar-refractivity contribution < 1.29 is 5.11 Å². The molecule has 0 spiro atoms. The Morgan fingerprint density at radius 1 is 1.20 bits per heavy atom. The SMILES string of the molecule is CCc1nn(Cc2cc(Cl)ccc2Cl)c(CC)c1CO. The van der Waals surface area contributed by atoms with Crippen molar-refractivity contribution in [2.24, 2.45) is 0 Å². The van der Waals surface area contributed by atoms with Crippen LogP contribution in [0.25, 0.3) is 0 Å². The van der Waals surface area contributed by atoms with Gasteiger partial charge in [0.05, 0.1) is 18.8 Å². The summed E-state index contributed by atoms with van der Waals surface area (Å²) in [4.78, 5) is 0. The molecule has 5 heteroatoms. The van der Waals surface area contributed by atoms with E-state index in [9.17, 15) is 5.11 Å². The molecule has 1 aromatic carbocycles. The van der Waals surface area contributed by atoms with Crippen molar-refractivity contribution in [3.05, 3.63) is 50.8 Å². The maximum Gasteiger partial charge on any atom is 0.0718 e. The zero-order valence-corrected chi connectivity index (χ0v) is 13.2. The second-order valence-corrected chi connectivity index (χ2v) is 5.47. The highest BCUT2D eigenvalue weighted by molar-refractivity contribution is 6.33. The maximum atomic E-state index is 9.54. The molecule has 0 bridgehead atoms. The van der Waals surface area contributed by atoms with Gasteiger partial charge >= 0.3 is 0 Å². The summed E-state index contributed by atoms with van der Waals surface area (Å²) >= 11 is 12.2. The summed E-state index contributed by atoms with van der Waals surface area (Å²) in [7, 11) is 0. The van der Waals surface area contributed by atoms with Crippen molar-refractivity contribution >= 4 is 23.2 Å². The zero-order valence-electron chi connectivity index (χ0n) is 11.7. The number of benzene rings is 1. The van der Waals surface area contributed by atoms with E-state index in [4.69, 9.17) is 23.2 Å². The number of nitrogens with zero attached hydrogens (tertiary/aromatic N) is 2. The van der Waals surface area contributed by atoms with Crippen LogP contribution >= 0.6 is 23.2 Å². The van der Waals surface area contributed by atoms with Gasteiger partial charge in [-0.2, -0.15) is 5.10 Å². The van der Waals surface area contributed by atoms with Crippen molar-refractivity contribution in [3.63, 3.8) is 0 Å². The van der Waals surface area contributed by atoms with Crippen molar-refractivity contribution in [1.29, 1.82) is 0 Å². The minimum atomic E-state index is 0.0234. The number of aryl methyl sites for hydroxylation is 1. The summed E-state index contributed by atoms with van der Waals surface area (Å²) < 4.78 is 1.92. The van der Waals surface area contributed by atoms with Gasteiger partial charge in [0.1, 0.15) is 0 Å². The first-order valence-corrected chi connectivity index (χ1v) is 7.48. The third kappa shape index (κ3) is 3.00. The molecule has 0 amide bonds. The summed E-state index contributed by atoms with van der Waals surface area (Å²) in [5, 5.41) is 15.5. The van der Waals surface area contributed by atoms with Gasteiger partial charge < -0.3 is 5.11 Å². The van der Waals surface area contributed by atoms with E-state index in [0.29, 0.717) is 16.6 Å². The average Bonchev–Trinajstić information content (AvgIpc) is 2.79. The normalized spacial score (nSPS) is 11.1. The lowest BCUT2D eigenvalue weighted by Crippen LogP contribution is -2.07. The molecule has 3 nitrogen and oxygen atoms in total. The minimum Gasteiger partial charge on any atom is -0.392 e. The first kappa shape index (κ1) is 15.4. The quantitative estimate of drug-likeness (QED) is 0.910. The monoisotopic (exact) mass is 312 g/mol. The number of halogens is 2. The maximum absolute atomic E-state index is 9.54. The Labute approximate surface area is 129 Å². The van der Waals surface area contributed by atoms with Gasteiger partial charge in [-0.05, 0) is 36.6 Å². The number of rotatable bonds is 5. The topological polar surface area (TPSA) is 38.0 Å². The Hall–Kier alpha value is -1.03. The van der Waals surface area contributed by atoms with Crippen molar-refractivity contribution in [3.8, 4) is 0 Å². The highest BCUT2D eigenvalue weighted by Crippen LogP contribution is 2.23. The third-order valence-electron chi connectivity index (χ3n) is 3.41. The predicted molar refractivity (Wildman–Crippen MR) is 82.5 cm³/mol. The highest BCUT2D eigenvalue weighted by Gasteiger charge is 2.15. The molecule has 1 aromatic heterocycles. The first-order chi connectivity index (χ1) is 9.60. The van der Waals surface area contributed by atoms with E-state index < -0.39 is 0 Å². The number of hydrogen-bond acceptors (Lipinski definition) is 2. The van der Waals surface area contributed by atoms with Crippen molar-refractivity contribution in [1.82, 2.24) is 9.78 Å². The fourth-order valence-electron chi connectivity index (χ4n) is 2.41. The molecule has 1 N–H and O–H groups in total. The molecule has 0 unspecified atom stereocenters. The smallest absolute Gasteiger partial charge is 0.0718 e. The van der Waals surface area contributed by atoms with E-state index in [0.717, 1.165) is 35.4 Å². The van der Waals surface area contributed by atoms with Crippen LogP contribution in [0.15, 0.2) is 18.2 Å². The molecule has 0 aliphatic heterocycles. The second kappa shape index (κ2) is 6.61. The lowest BCUT2D eigenvalue weighted by atomic mass is 10.1. The number of aromatic nitrogens is 2. The van der Waals surface area contributed by atoms with E-state index in [1.54, 1.807) is 12.1 Å². The molecular formula is C15H18Cl2N2O. The molecule has 0 aliphatic rings. The van der Waals surface area contributed by atoms with E-state index >= 15 is 0 Å². The summed E-state index contributed by atoms with van der Waals surface area (Å²) in [6.45, 7) is 4.69. The fourth-order valence-corrected chi connectivity index (χ4v) is 2.78. The number of aliphatic hydroxyl groups excluding tert-OH is 1. The van der Waals surface area contributed by atoms with E-state index in [1.807, 2.05) is 17.7 Å². The molecule has 0 saturated carbocycles. The van der Waals surface area contributed by atoms with Gasteiger partial charge in [-0.3, -0.25) is 4.68 Å². The lowest BCUT2D eigenvalue weighted by Gasteiger charge is -2.09. The van der Waals surface area contributed by atoms with Gasteiger partial charge in [0.25, 0.3) is 0 Å². The van der Waals surface area contributed by atoms with Crippen LogP contribution in [-0.4, -0.2) is 14.9 Å². The fraction of sp³-hybridized carbons (Fsp3) is 0.400. The largest absolute Gasteiger partial charge is 0.392 e. The van der Waals surface area contributed by atoms with Crippen LogP contribution in [0.4, 0.5) is 0 Å². The summed E-state index contributed by atoms with van der Waals surface area (Å²) in [5.41, 5.74) is 3.87. The van der Waals surface area contributed by atoms with E-state index in [-0.39, 0.29) is 6.61 Å². The summed E-state index contributed by atoms with van der Waals surface area (Å²) in [5.74, 6) is 0. The van der Waals surface area contributed by atoms with E-state index in [1.165, 1.54) is 0 Å². The van der Waals surface area contributed by atoms with Gasteiger partial charge in [-0.15, -0.1) is 0 Å². The Kier molecular flexibility index (Phi) is 5.08. The molecule has 0 atom stereocenters. The summed E-state index contributed by atoms with van der Waals surface area (Å²) in [6.07, 6.45) is 1.63. The van der Waals surface area contributed by atoms with Crippen LogP contribution in [0.5, 0.6) is 0 Å². The average molecular weight is 313 g/mol. The molecule has 0 radical (unpaired) electrons. The predicted octanol–water partition coefficient (Wildman–Crippen LogP) is 3.86. The Morgan fingerprint density at radius 2 is 1.95 bits per heavy atom. The first-order valence-electron chi connectivity index (χ1n) is 6.72. The van der Waals surface area contributed by atoms with Crippen LogP contribution in [0.3, 0.4) is 0 Å². The molecule has 1 heterocycles. The third-order valence-corrected chi connectivity index (χ3v) is 4.01. The molecular weight excluding hydrogens is 295 g/mol. The molecule has 108 valence electrons. The second-order valence-electron chi connectivity index (χ2n) is 4.63. The van der Waals surface area contributed by atoms with Crippen molar-refractivity contribution in [2.45, 2.75) is 39.8 Å². The highest BCUT2D eigenvalue weighted by atomic mass is 35.5. The molecule has 20 heavy (non-hydrogen) atoms. The van der Waals surface area contributed by atoms with Gasteiger partial charge in [-0.1, -0.05) is 37.0 Å². The molecule has 0 aliphatic carbocycles. The Bertz CT molecular complexity index is 608. The molecule has 2 rings (SSSR count). The zero-order chi connectivity index (χ0) is 14.7.